The Morgan fingerprint density at radius 3 is 2.75 bits per heavy atom. The average molecular weight is 286 g/mol. The molecule has 0 bridgehead atoms. The van der Waals surface area contributed by atoms with Gasteiger partial charge in [-0.3, -0.25) is 4.79 Å². The van der Waals surface area contributed by atoms with E-state index in [9.17, 15) is 9.59 Å². The third-order valence-electron chi connectivity index (χ3n) is 3.66. The normalized spacial score (nSPS) is 18.9. The number of carboxylic acids is 1. The Bertz CT molecular complexity index is 320. The molecule has 1 N–H and O–H groups in total. The zero-order valence-electron chi connectivity index (χ0n) is 12.5. The SMILES string of the molecule is CCCC1CCCCN1C(=O)N(CCOC)CC(=O)O. The quantitative estimate of drug-likeness (QED) is 0.774. The molecule has 116 valence electrons. The smallest absolute Gasteiger partial charge is 0.323 e. The third-order valence-corrected chi connectivity index (χ3v) is 3.66. The van der Waals surface area contributed by atoms with Gasteiger partial charge in [-0.25, -0.2) is 4.79 Å². The molecule has 0 aromatic carbocycles. The molecule has 0 radical (unpaired) electrons. The number of likely N-dealkylation sites (tertiary alicyclic amines) is 1. The number of ether oxygens (including phenoxy) is 1. The molecule has 6 nitrogen and oxygen atoms in total. The molecule has 6 heteroatoms. The number of rotatable bonds is 7. The van der Waals surface area contributed by atoms with Gasteiger partial charge in [0.15, 0.2) is 0 Å². The predicted molar refractivity (Wildman–Crippen MR) is 75.7 cm³/mol. The molecule has 1 heterocycles. The molecular formula is C14H26N2O4. The molecule has 0 saturated carbocycles. The summed E-state index contributed by atoms with van der Waals surface area (Å²) in [6.07, 6.45) is 5.18. The molecule has 20 heavy (non-hydrogen) atoms. The van der Waals surface area contributed by atoms with Crippen LogP contribution in [0.4, 0.5) is 4.79 Å². The first kappa shape index (κ1) is 16.8. The van der Waals surface area contributed by atoms with E-state index in [0.717, 1.165) is 38.6 Å². The van der Waals surface area contributed by atoms with Gasteiger partial charge in [-0.1, -0.05) is 13.3 Å². The molecule has 2 amide bonds. The van der Waals surface area contributed by atoms with Crippen molar-refractivity contribution in [3.63, 3.8) is 0 Å². The van der Waals surface area contributed by atoms with Gasteiger partial charge in [0.1, 0.15) is 6.54 Å². The van der Waals surface area contributed by atoms with Crippen molar-refractivity contribution in [1.29, 1.82) is 0 Å². The van der Waals surface area contributed by atoms with Gasteiger partial charge in [-0.15, -0.1) is 0 Å². The Morgan fingerprint density at radius 1 is 1.40 bits per heavy atom. The second kappa shape index (κ2) is 8.79. The van der Waals surface area contributed by atoms with E-state index in [2.05, 4.69) is 6.92 Å². The predicted octanol–water partition coefficient (Wildman–Crippen LogP) is 1.79. The highest BCUT2D eigenvalue weighted by Gasteiger charge is 2.30. The Morgan fingerprint density at radius 2 is 2.15 bits per heavy atom. The first-order chi connectivity index (χ1) is 9.60. The lowest BCUT2D eigenvalue weighted by atomic mass is 9.98. The number of hydrogen-bond donors (Lipinski definition) is 1. The summed E-state index contributed by atoms with van der Waals surface area (Å²) < 4.78 is 4.96. The van der Waals surface area contributed by atoms with E-state index in [-0.39, 0.29) is 18.6 Å². The van der Waals surface area contributed by atoms with Crippen LogP contribution >= 0.6 is 0 Å². The van der Waals surface area contributed by atoms with Crippen molar-refractivity contribution >= 4 is 12.0 Å². The van der Waals surface area contributed by atoms with Crippen LogP contribution < -0.4 is 0 Å². The maximum Gasteiger partial charge on any atom is 0.323 e. The van der Waals surface area contributed by atoms with Crippen LogP contribution in [0, 0.1) is 0 Å². The number of piperidine rings is 1. The summed E-state index contributed by atoms with van der Waals surface area (Å²) in [7, 11) is 1.55. The van der Waals surface area contributed by atoms with E-state index in [4.69, 9.17) is 9.84 Å². The fourth-order valence-electron chi connectivity index (χ4n) is 2.67. The van der Waals surface area contributed by atoms with Crippen LogP contribution in [-0.4, -0.2) is 66.3 Å². The van der Waals surface area contributed by atoms with Crippen LogP contribution in [-0.2, 0) is 9.53 Å². The number of amides is 2. The van der Waals surface area contributed by atoms with Gasteiger partial charge in [-0.2, -0.15) is 0 Å². The number of aliphatic carboxylic acids is 1. The summed E-state index contributed by atoms with van der Waals surface area (Å²) in [5.74, 6) is -0.987. The Balaban J connectivity index is 2.71. The van der Waals surface area contributed by atoms with Crippen molar-refractivity contribution in [2.75, 3.05) is 33.4 Å². The van der Waals surface area contributed by atoms with Gasteiger partial charge < -0.3 is 19.6 Å². The molecule has 1 atom stereocenters. The van der Waals surface area contributed by atoms with Crippen LogP contribution in [0.3, 0.4) is 0 Å². The first-order valence-electron chi connectivity index (χ1n) is 7.36. The van der Waals surface area contributed by atoms with Crippen molar-refractivity contribution in [1.82, 2.24) is 9.80 Å². The molecule has 1 rings (SSSR count). The minimum atomic E-state index is -0.987. The fourth-order valence-corrected chi connectivity index (χ4v) is 2.67. The molecule has 0 spiro atoms. The van der Waals surface area contributed by atoms with Gasteiger partial charge in [0.05, 0.1) is 6.61 Å². The van der Waals surface area contributed by atoms with Crippen molar-refractivity contribution in [3.8, 4) is 0 Å². The lowest BCUT2D eigenvalue weighted by Gasteiger charge is -2.38. The minimum Gasteiger partial charge on any atom is -0.480 e. The molecular weight excluding hydrogens is 260 g/mol. The Labute approximate surface area is 120 Å². The number of carbonyl (C=O) groups excluding carboxylic acids is 1. The summed E-state index contributed by atoms with van der Waals surface area (Å²) in [4.78, 5) is 26.7. The second-order valence-electron chi connectivity index (χ2n) is 5.22. The van der Waals surface area contributed by atoms with E-state index in [1.165, 1.54) is 4.90 Å². The number of methoxy groups -OCH3 is 1. The van der Waals surface area contributed by atoms with Crippen molar-refractivity contribution in [2.45, 2.75) is 45.1 Å². The summed E-state index contributed by atoms with van der Waals surface area (Å²) in [6.45, 7) is 3.24. The molecule has 0 aromatic rings. The maximum atomic E-state index is 12.6. The van der Waals surface area contributed by atoms with Crippen molar-refractivity contribution < 1.29 is 19.4 Å². The summed E-state index contributed by atoms with van der Waals surface area (Å²) in [5, 5.41) is 8.95. The van der Waals surface area contributed by atoms with Crippen LogP contribution in [0.1, 0.15) is 39.0 Å². The van der Waals surface area contributed by atoms with E-state index in [0.29, 0.717) is 13.2 Å². The highest BCUT2D eigenvalue weighted by Crippen LogP contribution is 2.22. The fraction of sp³-hybridized carbons (Fsp3) is 0.857. The number of carboxylic acid groups (broad SMARTS) is 1. The molecule has 1 unspecified atom stereocenters. The van der Waals surface area contributed by atoms with E-state index < -0.39 is 5.97 Å². The van der Waals surface area contributed by atoms with E-state index in [1.54, 1.807) is 7.11 Å². The Hall–Kier alpha value is -1.30. The Kier molecular flexibility index (Phi) is 7.36. The van der Waals surface area contributed by atoms with Crippen LogP contribution in [0.25, 0.3) is 0 Å². The van der Waals surface area contributed by atoms with Gasteiger partial charge in [0.2, 0.25) is 0 Å². The van der Waals surface area contributed by atoms with Crippen molar-refractivity contribution in [3.05, 3.63) is 0 Å². The molecule has 1 saturated heterocycles. The van der Waals surface area contributed by atoms with E-state index >= 15 is 0 Å². The zero-order chi connectivity index (χ0) is 15.0. The molecule has 0 aliphatic carbocycles. The summed E-state index contributed by atoms with van der Waals surface area (Å²) >= 11 is 0. The lowest BCUT2D eigenvalue weighted by Crippen LogP contribution is -2.52. The van der Waals surface area contributed by atoms with Gasteiger partial charge in [0.25, 0.3) is 0 Å². The highest BCUT2D eigenvalue weighted by atomic mass is 16.5. The monoisotopic (exact) mass is 286 g/mol. The zero-order valence-corrected chi connectivity index (χ0v) is 12.5. The number of urea groups is 1. The van der Waals surface area contributed by atoms with Gasteiger partial charge in [0, 0.05) is 26.2 Å². The lowest BCUT2D eigenvalue weighted by molar-refractivity contribution is -0.137. The van der Waals surface area contributed by atoms with Crippen LogP contribution in [0.2, 0.25) is 0 Å². The van der Waals surface area contributed by atoms with Crippen molar-refractivity contribution in [2.24, 2.45) is 0 Å². The topological polar surface area (TPSA) is 70.1 Å². The van der Waals surface area contributed by atoms with Gasteiger partial charge >= 0.3 is 12.0 Å². The molecule has 0 aromatic heterocycles. The summed E-state index contributed by atoms with van der Waals surface area (Å²) in [5.41, 5.74) is 0. The number of nitrogens with zero attached hydrogens (tertiary/aromatic N) is 2. The largest absolute Gasteiger partial charge is 0.480 e. The number of hydrogen-bond acceptors (Lipinski definition) is 3. The molecule has 1 aliphatic heterocycles. The van der Waals surface area contributed by atoms with Crippen LogP contribution in [0.5, 0.6) is 0 Å². The van der Waals surface area contributed by atoms with Gasteiger partial charge in [-0.05, 0) is 25.7 Å². The highest BCUT2D eigenvalue weighted by molar-refractivity contribution is 5.80. The molecule has 1 fully saturated rings. The minimum absolute atomic E-state index is 0.164. The second-order valence-corrected chi connectivity index (χ2v) is 5.22. The standard InChI is InChI=1S/C14H26N2O4/c1-3-6-12-7-4-5-8-16(12)14(19)15(9-10-20-2)11-13(17)18/h12H,3-11H2,1-2H3,(H,17,18). The molecule has 1 aliphatic rings. The maximum absolute atomic E-state index is 12.6. The average Bonchev–Trinajstić information content (AvgIpc) is 2.43. The number of carbonyl (C=O) groups is 2. The first-order valence-corrected chi connectivity index (χ1v) is 7.36. The van der Waals surface area contributed by atoms with E-state index in [1.807, 2.05) is 4.90 Å². The summed E-state index contributed by atoms with van der Waals surface area (Å²) in [6, 6.07) is 0.0858. The van der Waals surface area contributed by atoms with Crippen LogP contribution in [0.15, 0.2) is 0 Å². The third kappa shape index (κ3) is 5.00.